The van der Waals surface area contributed by atoms with Gasteiger partial charge < -0.3 is 15.0 Å². The molecule has 0 atom stereocenters. The third kappa shape index (κ3) is 3.66. The highest BCUT2D eigenvalue weighted by Gasteiger charge is 2.39. The van der Waals surface area contributed by atoms with E-state index in [2.05, 4.69) is 25.4 Å². The number of rotatable bonds is 4. The zero-order chi connectivity index (χ0) is 23.0. The molecule has 0 spiro atoms. The molecule has 0 unspecified atom stereocenters. The van der Waals surface area contributed by atoms with Crippen LogP contribution in [-0.2, 0) is 6.18 Å². The summed E-state index contributed by atoms with van der Waals surface area (Å²) in [4.78, 5) is 36.3. The molecule has 0 bridgehead atoms. The number of aryl methyl sites for hydroxylation is 1. The van der Waals surface area contributed by atoms with E-state index in [4.69, 9.17) is 4.74 Å². The Hall–Kier alpha value is -4.22. The third-order valence-corrected chi connectivity index (χ3v) is 4.59. The van der Waals surface area contributed by atoms with Crippen LogP contribution in [-0.4, -0.2) is 37.6 Å². The van der Waals surface area contributed by atoms with E-state index in [1.807, 2.05) is 0 Å². The van der Waals surface area contributed by atoms with Crippen molar-refractivity contribution in [3.8, 4) is 17.0 Å². The van der Waals surface area contributed by atoms with Gasteiger partial charge in [0.25, 0.3) is 11.5 Å². The minimum absolute atomic E-state index is 0.00494. The van der Waals surface area contributed by atoms with Crippen LogP contribution in [0, 0.1) is 6.92 Å². The van der Waals surface area contributed by atoms with Gasteiger partial charge in [0.15, 0.2) is 11.5 Å². The number of methoxy groups -OCH3 is 1. The maximum absolute atomic E-state index is 13.7. The molecule has 0 fully saturated rings. The number of hydrogen-bond acceptors (Lipinski definition) is 6. The first-order chi connectivity index (χ1) is 15.2. The fourth-order valence-electron chi connectivity index (χ4n) is 3.22. The zero-order valence-corrected chi connectivity index (χ0v) is 16.7. The average Bonchev–Trinajstić information content (AvgIpc) is 3.14. The zero-order valence-electron chi connectivity index (χ0n) is 16.7. The van der Waals surface area contributed by atoms with Crippen LogP contribution in [0.25, 0.3) is 16.8 Å². The van der Waals surface area contributed by atoms with Crippen LogP contribution in [0.1, 0.15) is 21.7 Å². The van der Waals surface area contributed by atoms with Gasteiger partial charge in [0, 0.05) is 5.69 Å². The summed E-state index contributed by atoms with van der Waals surface area (Å²) < 4.78 is 46.6. The first-order valence-electron chi connectivity index (χ1n) is 9.16. The summed E-state index contributed by atoms with van der Waals surface area (Å²) in [5.41, 5.74) is -2.87. The van der Waals surface area contributed by atoms with Gasteiger partial charge in [-0.15, -0.1) is 0 Å². The van der Waals surface area contributed by atoms with E-state index >= 15 is 0 Å². The average molecular weight is 444 g/mol. The molecule has 4 rings (SSSR count). The molecule has 0 saturated heterocycles. The van der Waals surface area contributed by atoms with E-state index < -0.39 is 28.9 Å². The van der Waals surface area contributed by atoms with Crippen LogP contribution in [0.2, 0.25) is 0 Å². The Morgan fingerprint density at radius 2 is 1.91 bits per heavy atom. The minimum Gasteiger partial charge on any atom is -0.480 e. The molecule has 3 heterocycles. The number of anilines is 1. The summed E-state index contributed by atoms with van der Waals surface area (Å²) in [7, 11) is 1.36. The Kier molecular flexibility index (Phi) is 5.12. The van der Waals surface area contributed by atoms with Gasteiger partial charge in [-0.3, -0.25) is 14.6 Å². The van der Waals surface area contributed by atoms with Crippen molar-refractivity contribution in [1.82, 2.24) is 24.6 Å². The SMILES string of the molecule is COc1cncc(NC(=O)c2c(C)[nH]c3c(-c4ccccc4)c(C(F)(F)F)nn3c2=O)n1. The summed E-state index contributed by atoms with van der Waals surface area (Å²) in [6.07, 6.45) is -2.29. The summed E-state index contributed by atoms with van der Waals surface area (Å²) in [5.74, 6) is -0.772. The van der Waals surface area contributed by atoms with Gasteiger partial charge in [0.2, 0.25) is 5.88 Å². The largest absolute Gasteiger partial charge is 0.480 e. The summed E-state index contributed by atoms with van der Waals surface area (Å²) in [5, 5.41) is 5.89. The lowest BCUT2D eigenvalue weighted by Gasteiger charge is -2.09. The Morgan fingerprint density at radius 1 is 1.19 bits per heavy atom. The summed E-state index contributed by atoms with van der Waals surface area (Å²) in [6.45, 7) is 1.41. The summed E-state index contributed by atoms with van der Waals surface area (Å²) >= 11 is 0. The molecule has 9 nitrogen and oxygen atoms in total. The molecule has 0 aliphatic heterocycles. The number of aromatic amines is 1. The molecule has 3 aromatic heterocycles. The fourth-order valence-corrected chi connectivity index (χ4v) is 3.22. The number of ether oxygens (including phenoxy) is 1. The van der Waals surface area contributed by atoms with Crippen LogP contribution in [0.4, 0.5) is 19.0 Å². The number of fused-ring (bicyclic) bond motifs is 1. The molecule has 2 N–H and O–H groups in total. The van der Waals surface area contributed by atoms with E-state index in [9.17, 15) is 22.8 Å². The van der Waals surface area contributed by atoms with Gasteiger partial charge in [-0.1, -0.05) is 30.3 Å². The fraction of sp³-hybridized carbons (Fsp3) is 0.150. The van der Waals surface area contributed by atoms with Crippen molar-refractivity contribution in [2.45, 2.75) is 13.1 Å². The first kappa shape index (κ1) is 21.0. The number of alkyl halides is 3. The second kappa shape index (κ2) is 7.80. The first-order valence-corrected chi connectivity index (χ1v) is 9.16. The molecule has 0 aliphatic rings. The van der Waals surface area contributed by atoms with Gasteiger partial charge in [-0.2, -0.15) is 27.8 Å². The number of amides is 1. The number of hydrogen-bond donors (Lipinski definition) is 2. The molecule has 4 aromatic rings. The second-order valence-corrected chi connectivity index (χ2v) is 6.68. The second-order valence-electron chi connectivity index (χ2n) is 6.68. The Labute approximate surface area is 177 Å². The van der Waals surface area contributed by atoms with Gasteiger partial charge in [0.05, 0.1) is 25.1 Å². The number of halogens is 3. The van der Waals surface area contributed by atoms with Crippen molar-refractivity contribution in [1.29, 1.82) is 0 Å². The van der Waals surface area contributed by atoms with Crippen LogP contribution in [0.15, 0.2) is 47.5 Å². The van der Waals surface area contributed by atoms with Gasteiger partial charge in [0.1, 0.15) is 11.2 Å². The number of nitrogens with zero attached hydrogens (tertiary/aromatic N) is 4. The van der Waals surface area contributed by atoms with Crippen LogP contribution in [0.3, 0.4) is 0 Å². The normalized spacial score (nSPS) is 11.5. The quantitative estimate of drug-likeness (QED) is 0.500. The van der Waals surface area contributed by atoms with Crippen molar-refractivity contribution in [2.24, 2.45) is 0 Å². The van der Waals surface area contributed by atoms with Crippen molar-refractivity contribution >= 4 is 17.4 Å². The highest BCUT2D eigenvalue weighted by atomic mass is 19.4. The minimum atomic E-state index is -4.83. The van der Waals surface area contributed by atoms with E-state index in [-0.39, 0.29) is 34.2 Å². The van der Waals surface area contributed by atoms with Gasteiger partial charge in [-0.05, 0) is 12.5 Å². The predicted octanol–water partition coefficient (Wildman–Crippen LogP) is 3.07. The lowest BCUT2D eigenvalue weighted by Crippen LogP contribution is -2.29. The molecule has 0 saturated carbocycles. The maximum Gasteiger partial charge on any atom is 0.435 e. The smallest absolute Gasteiger partial charge is 0.435 e. The molecular weight excluding hydrogens is 429 g/mol. The molecular formula is C20H15F3N6O3. The standard InChI is InChI=1S/C20H15F3N6O3/c1-10-14(18(30)27-12-8-24-9-13(26-12)32-2)19(31)29-17(25-10)15(11-6-4-3-5-7-11)16(28-29)20(21,22)23/h3-9,25H,1-2H3,(H,26,27,30). The molecule has 1 amide bonds. The van der Waals surface area contributed by atoms with Gasteiger partial charge >= 0.3 is 6.18 Å². The number of H-pyrrole nitrogens is 1. The Balaban J connectivity index is 1.88. The maximum atomic E-state index is 13.7. The Bertz CT molecular complexity index is 1380. The van der Waals surface area contributed by atoms with Crippen molar-refractivity contribution in [3.63, 3.8) is 0 Å². The van der Waals surface area contributed by atoms with Crippen molar-refractivity contribution in [2.75, 3.05) is 12.4 Å². The monoisotopic (exact) mass is 444 g/mol. The van der Waals surface area contributed by atoms with E-state index in [0.29, 0.717) is 4.52 Å². The van der Waals surface area contributed by atoms with Crippen LogP contribution in [0.5, 0.6) is 5.88 Å². The highest BCUT2D eigenvalue weighted by Crippen LogP contribution is 2.38. The van der Waals surface area contributed by atoms with E-state index in [0.717, 1.165) is 0 Å². The number of nitrogens with one attached hydrogen (secondary N) is 2. The topological polar surface area (TPSA) is 114 Å². The van der Waals surface area contributed by atoms with Crippen LogP contribution >= 0.6 is 0 Å². The van der Waals surface area contributed by atoms with Gasteiger partial charge in [-0.25, -0.2) is 0 Å². The van der Waals surface area contributed by atoms with E-state index in [1.165, 1.54) is 38.6 Å². The van der Waals surface area contributed by atoms with E-state index in [1.54, 1.807) is 18.2 Å². The third-order valence-electron chi connectivity index (χ3n) is 4.59. The number of benzene rings is 1. The van der Waals surface area contributed by atoms with Crippen molar-refractivity contribution < 1.29 is 22.7 Å². The lowest BCUT2D eigenvalue weighted by molar-refractivity contribution is -0.140. The number of aromatic nitrogens is 5. The molecule has 32 heavy (non-hydrogen) atoms. The Morgan fingerprint density at radius 3 is 2.56 bits per heavy atom. The number of carbonyl (C=O) groups excluding carboxylic acids is 1. The highest BCUT2D eigenvalue weighted by molar-refractivity contribution is 6.04. The van der Waals surface area contributed by atoms with Crippen molar-refractivity contribution in [3.05, 3.63) is 70.0 Å². The molecule has 164 valence electrons. The lowest BCUT2D eigenvalue weighted by atomic mass is 10.1. The summed E-state index contributed by atoms with van der Waals surface area (Å²) in [6, 6.07) is 7.74. The molecule has 0 aliphatic carbocycles. The molecule has 0 radical (unpaired) electrons. The molecule has 12 heteroatoms. The molecule has 1 aromatic carbocycles. The van der Waals surface area contributed by atoms with Crippen LogP contribution < -0.4 is 15.6 Å². The predicted molar refractivity (Wildman–Crippen MR) is 108 cm³/mol. The number of carbonyl (C=O) groups is 1.